The minimum atomic E-state index is -0.742. The van der Waals surface area contributed by atoms with E-state index < -0.39 is 10.8 Å². The zero-order valence-corrected chi connectivity index (χ0v) is 60.6. The third-order valence-electron chi connectivity index (χ3n) is 21.5. The van der Waals surface area contributed by atoms with Gasteiger partial charge >= 0.3 is 0 Å². The average Bonchev–Trinajstić information content (AvgIpc) is 1.54. The molecule has 0 fully saturated rings. The number of hydrogen-bond acceptors (Lipinski definition) is 6. The lowest BCUT2D eigenvalue weighted by Crippen LogP contribution is -2.28. The third-order valence-corrected chi connectivity index (χ3v) is 21.5. The van der Waals surface area contributed by atoms with E-state index in [2.05, 4.69) is 363 Å². The van der Waals surface area contributed by atoms with Crippen LogP contribution in [0.3, 0.4) is 0 Å². The predicted octanol–water partition coefficient (Wildman–Crippen LogP) is 27.0. The first kappa shape index (κ1) is 67.7. The van der Waals surface area contributed by atoms with Gasteiger partial charge in [0.2, 0.25) is 0 Å². The van der Waals surface area contributed by atoms with Crippen LogP contribution in [0.1, 0.15) is 66.8 Å². The fourth-order valence-electron chi connectivity index (χ4n) is 16.3. The molecule has 16 aromatic carbocycles. The second kappa shape index (κ2) is 29.6. The van der Waals surface area contributed by atoms with E-state index in [9.17, 15) is 0 Å². The molecule has 2 atom stereocenters. The van der Waals surface area contributed by atoms with Gasteiger partial charge in [0.25, 0.3) is 0 Å². The van der Waals surface area contributed by atoms with Crippen molar-refractivity contribution in [1.29, 1.82) is 0 Å². The molecule has 0 bridgehead atoms. The van der Waals surface area contributed by atoms with E-state index in [0.717, 1.165) is 124 Å². The molecule has 0 aliphatic heterocycles. The van der Waals surface area contributed by atoms with E-state index in [1.807, 2.05) is 72.8 Å². The smallest absolute Gasteiger partial charge is 0.127 e. The Bertz CT molecular complexity index is 5570. The number of fused-ring (bicyclic) bond motifs is 6. The molecule has 0 N–H and O–H groups in total. The lowest BCUT2D eigenvalue weighted by atomic mass is 9.67. The first-order valence-corrected chi connectivity index (χ1v) is 37.3. The summed E-state index contributed by atoms with van der Waals surface area (Å²) in [7, 11) is 0. The third kappa shape index (κ3) is 12.7. The Balaban J connectivity index is 0.694. The first-order valence-electron chi connectivity index (χ1n) is 37.3. The predicted molar refractivity (Wildman–Crippen MR) is 451 cm³/mol. The molecule has 0 saturated carbocycles. The SMILES string of the molecule is C=Cc1ccc(COc2ccc(C3(c4ccc(Oc5ccccc5)cc4)c4ccccc4-c4ccc(N(c5ccccc5)c5ccc(-c6ccc(N(c7ccccc7)c7ccc8c(c7)C(c7ccc(OCc9ccc(C=C)cc9)cc7)(c7ccc(Oc9ccccc9)cc7)c7ccccc7-8)cc6)cc5)cc43)cc2)cc1. The van der Waals surface area contributed by atoms with Crippen molar-refractivity contribution >= 4 is 46.3 Å². The largest absolute Gasteiger partial charge is 0.489 e. The Labute approximate surface area is 643 Å². The topological polar surface area (TPSA) is 43.4 Å². The first-order chi connectivity index (χ1) is 54.4. The van der Waals surface area contributed by atoms with Gasteiger partial charge in [0.15, 0.2) is 0 Å². The van der Waals surface area contributed by atoms with Gasteiger partial charge in [-0.1, -0.05) is 280 Å². The fourth-order valence-corrected chi connectivity index (χ4v) is 16.3. The molecule has 18 rings (SSSR count). The number of benzene rings is 16. The molecule has 526 valence electrons. The van der Waals surface area contributed by atoms with E-state index in [1.54, 1.807) is 0 Å². The maximum atomic E-state index is 6.49. The maximum Gasteiger partial charge on any atom is 0.127 e. The Morgan fingerprint density at radius 3 is 0.864 bits per heavy atom. The van der Waals surface area contributed by atoms with E-state index in [1.165, 1.54) is 44.5 Å². The van der Waals surface area contributed by atoms with Gasteiger partial charge in [0.05, 0.1) is 10.8 Å². The molecular weight excluding hydrogens is 1340 g/mol. The Morgan fingerprint density at radius 1 is 0.236 bits per heavy atom. The van der Waals surface area contributed by atoms with Crippen molar-refractivity contribution in [3.05, 3.63) is 480 Å². The molecule has 0 heterocycles. The van der Waals surface area contributed by atoms with Crippen LogP contribution in [-0.4, -0.2) is 0 Å². The summed E-state index contributed by atoms with van der Waals surface area (Å²) in [6.45, 7) is 8.76. The highest BCUT2D eigenvalue weighted by Gasteiger charge is 2.48. The van der Waals surface area contributed by atoms with Crippen LogP contribution < -0.4 is 28.7 Å². The van der Waals surface area contributed by atoms with Crippen molar-refractivity contribution in [1.82, 2.24) is 0 Å². The number of ether oxygens (including phenoxy) is 4. The standard InChI is InChI=1S/C104H76N2O4/c1-3-73-33-37-75(38-34-73)71-107-89-59-45-79(46-60-89)103(81-49-63-93(64-50-81)109-91-25-13-7-14-26-91)99-31-19-17-29-95(99)97-67-57-87(69-101(97)103)105(83-21-9-5-10-22-83)85-53-41-77(42-54-85)78-43-55-86(56-44-78)106(84-23-11-6-12-24-84)88-58-68-98-96-30-18-20-32-100(96)104(102(98)70-88,82-51-65-94(66-52-82)110-92-27-15-8-16-28-92)80-47-61-90(62-48-80)108-72-76-39-35-74(4-2)36-40-76/h3-70H,1-2,71-72H2. The van der Waals surface area contributed by atoms with Crippen molar-refractivity contribution in [2.24, 2.45) is 0 Å². The number of anilines is 6. The maximum absolute atomic E-state index is 6.49. The minimum absolute atomic E-state index is 0.443. The molecule has 0 saturated heterocycles. The van der Waals surface area contributed by atoms with Gasteiger partial charge in [-0.25, -0.2) is 0 Å². The van der Waals surface area contributed by atoms with E-state index >= 15 is 0 Å². The molecule has 2 unspecified atom stereocenters. The molecule has 2 aliphatic carbocycles. The van der Waals surface area contributed by atoms with Crippen LogP contribution in [0.15, 0.2) is 414 Å². The van der Waals surface area contributed by atoms with Crippen molar-refractivity contribution in [2.75, 3.05) is 9.80 Å². The Hall–Kier alpha value is -14.2. The number of hydrogen-bond donors (Lipinski definition) is 0. The normalized spacial score (nSPS) is 14.2. The van der Waals surface area contributed by atoms with E-state index in [0.29, 0.717) is 13.2 Å². The monoisotopic (exact) mass is 1420 g/mol. The highest BCUT2D eigenvalue weighted by atomic mass is 16.5. The van der Waals surface area contributed by atoms with Crippen LogP contribution in [0.2, 0.25) is 0 Å². The molecule has 0 spiro atoms. The van der Waals surface area contributed by atoms with Gasteiger partial charge in [-0.05, 0) is 246 Å². The quantitative estimate of drug-likeness (QED) is 0.0636. The second-order valence-corrected chi connectivity index (χ2v) is 27.9. The molecule has 16 aromatic rings. The van der Waals surface area contributed by atoms with E-state index in [-0.39, 0.29) is 0 Å². The van der Waals surface area contributed by atoms with E-state index in [4.69, 9.17) is 18.9 Å². The van der Waals surface area contributed by atoms with Crippen LogP contribution in [0.4, 0.5) is 34.1 Å². The number of para-hydroxylation sites is 4. The zero-order valence-electron chi connectivity index (χ0n) is 60.6. The molecular formula is C104H76N2O4. The molecule has 0 aromatic heterocycles. The van der Waals surface area contributed by atoms with Gasteiger partial charge < -0.3 is 28.7 Å². The van der Waals surface area contributed by atoms with Gasteiger partial charge in [-0.2, -0.15) is 0 Å². The second-order valence-electron chi connectivity index (χ2n) is 27.9. The van der Waals surface area contributed by atoms with Gasteiger partial charge in [0, 0.05) is 34.1 Å². The van der Waals surface area contributed by atoms with Gasteiger partial charge in [-0.15, -0.1) is 0 Å². The molecule has 0 radical (unpaired) electrons. The molecule has 6 nitrogen and oxygen atoms in total. The summed E-state index contributed by atoms with van der Waals surface area (Å²) in [5, 5.41) is 0. The number of nitrogens with zero attached hydrogens (tertiary/aromatic N) is 2. The lowest BCUT2D eigenvalue weighted by molar-refractivity contribution is 0.306. The van der Waals surface area contributed by atoms with Crippen molar-refractivity contribution in [3.63, 3.8) is 0 Å². The average molecular weight is 1420 g/mol. The summed E-state index contributed by atoms with van der Waals surface area (Å²) in [6, 6.07) is 143. The summed E-state index contributed by atoms with van der Waals surface area (Å²) >= 11 is 0. The molecule has 0 amide bonds. The van der Waals surface area contributed by atoms with Crippen molar-refractivity contribution < 1.29 is 18.9 Å². The highest BCUT2D eigenvalue weighted by Crippen LogP contribution is 2.60. The molecule has 2 aliphatic rings. The van der Waals surface area contributed by atoms with Crippen molar-refractivity contribution in [2.45, 2.75) is 24.0 Å². The van der Waals surface area contributed by atoms with Gasteiger partial charge in [0.1, 0.15) is 47.7 Å². The molecule has 110 heavy (non-hydrogen) atoms. The fraction of sp³-hybridized carbons (Fsp3) is 0.0385. The van der Waals surface area contributed by atoms with Crippen LogP contribution in [0, 0.1) is 0 Å². The summed E-state index contributed by atoms with van der Waals surface area (Å²) in [6.07, 6.45) is 3.72. The van der Waals surface area contributed by atoms with Crippen LogP contribution in [-0.2, 0) is 24.0 Å². The summed E-state index contributed by atoms with van der Waals surface area (Å²) < 4.78 is 25.9. The Morgan fingerprint density at radius 2 is 0.518 bits per heavy atom. The number of rotatable bonds is 23. The van der Waals surface area contributed by atoms with Gasteiger partial charge in [-0.3, -0.25) is 0 Å². The minimum Gasteiger partial charge on any atom is -0.489 e. The van der Waals surface area contributed by atoms with Crippen LogP contribution in [0.5, 0.6) is 34.5 Å². The summed E-state index contributed by atoms with van der Waals surface area (Å²) in [5.74, 6) is 4.67. The lowest BCUT2D eigenvalue weighted by Gasteiger charge is -2.35. The van der Waals surface area contributed by atoms with Crippen LogP contribution in [0.25, 0.3) is 45.5 Å². The summed E-state index contributed by atoms with van der Waals surface area (Å²) in [5.41, 5.74) is 25.2. The summed E-state index contributed by atoms with van der Waals surface area (Å²) in [4.78, 5) is 4.76. The zero-order chi connectivity index (χ0) is 73.8. The molecule has 6 heteroatoms. The highest BCUT2D eigenvalue weighted by molar-refractivity contribution is 5.92. The van der Waals surface area contributed by atoms with Crippen LogP contribution >= 0.6 is 0 Å². The van der Waals surface area contributed by atoms with Crippen molar-refractivity contribution in [3.8, 4) is 67.9 Å². The Kier molecular flexibility index (Phi) is 18.2.